The Kier molecular flexibility index (Phi) is 5.40. The van der Waals surface area contributed by atoms with Crippen molar-refractivity contribution in [2.45, 2.75) is 13.5 Å². The fourth-order valence-electron chi connectivity index (χ4n) is 3.05. The molecule has 3 aromatic carbocycles. The molecule has 3 nitrogen and oxygen atoms in total. The third-order valence-electron chi connectivity index (χ3n) is 4.63. The zero-order valence-corrected chi connectivity index (χ0v) is 16.8. The van der Waals surface area contributed by atoms with Gasteiger partial charge in [-0.1, -0.05) is 48.0 Å². The highest BCUT2D eigenvalue weighted by atomic mass is 32.1. The first-order valence-corrected chi connectivity index (χ1v) is 10.1. The van der Waals surface area contributed by atoms with E-state index in [-0.39, 0.29) is 0 Å². The quantitative estimate of drug-likeness (QED) is 0.425. The van der Waals surface area contributed by atoms with E-state index in [9.17, 15) is 0 Å². The van der Waals surface area contributed by atoms with Crippen LogP contribution in [0.5, 0.6) is 5.75 Å². The summed E-state index contributed by atoms with van der Waals surface area (Å²) in [6, 6.07) is 27.0. The molecule has 0 saturated heterocycles. The van der Waals surface area contributed by atoms with E-state index in [2.05, 4.69) is 53.3 Å². The highest BCUT2D eigenvalue weighted by Gasteiger charge is 2.09. The van der Waals surface area contributed by atoms with Crippen LogP contribution in [0.4, 0.5) is 5.69 Å². The Morgan fingerprint density at radius 1 is 0.893 bits per heavy atom. The Morgan fingerprint density at radius 2 is 1.61 bits per heavy atom. The third kappa shape index (κ3) is 4.07. The predicted molar refractivity (Wildman–Crippen MR) is 116 cm³/mol. The van der Waals surface area contributed by atoms with E-state index in [0.29, 0.717) is 0 Å². The van der Waals surface area contributed by atoms with Gasteiger partial charge in [-0.3, -0.25) is 0 Å². The van der Waals surface area contributed by atoms with Crippen molar-refractivity contribution in [1.29, 1.82) is 0 Å². The molecule has 0 atom stereocenters. The predicted octanol–water partition coefficient (Wildman–Crippen LogP) is 5.81. The van der Waals surface area contributed by atoms with Crippen molar-refractivity contribution in [3.63, 3.8) is 0 Å². The Hall–Kier alpha value is -3.11. The van der Waals surface area contributed by atoms with Crippen molar-refractivity contribution in [3.8, 4) is 17.0 Å². The summed E-state index contributed by atoms with van der Waals surface area (Å²) in [5.41, 5.74) is 5.79. The Bertz CT molecular complexity index is 1110. The average molecular weight is 387 g/mol. The van der Waals surface area contributed by atoms with Gasteiger partial charge in [-0.25, -0.2) is 4.99 Å². The number of rotatable bonds is 5. The van der Waals surface area contributed by atoms with Crippen LogP contribution in [0.25, 0.3) is 11.3 Å². The molecule has 0 bridgehead atoms. The molecule has 0 saturated carbocycles. The fraction of sp³-hybridized carbons (Fsp3) is 0.125. The van der Waals surface area contributed by atoms with Gasteiger partial charge in [0.25, 0.3) is 0 Å². The van der Waals surface area contributed by atoms with Crippen LogP contribution in [0.2, 0.25) is 0 Å². The molecule has 4 heteroatoms. The van der Waals surface area contributed by atoms with Crippen LogP contribution in [0.15, 0.2) is 89.2 Å². The zero-order valence-electron chi connectivity index (χ0n) is 16.0. The van der Waals surface area contributed by atoms with E-state index in [1.807, 2.05) is 42.5 Å². The Balaban J connectivity index is 1.81. The van der Waals surface area contributed by atoms with E-state index in [1.54, 1.807) is 18.4 Å². The second-order valence-electron chi connectivity index (χ2n) is 6.65. The normalized spacial score (nSPS) is 11.6. The van der Waals surface area contributed by atoms with Gasteiger partial charge in [-0.15, -0.1) is 11.3 Å². The summed E-state index contributed by atoms with van der Waals surface area (Å²) in [5.74, 6) is 0.860. The molecule has 0 aliphatic heterocycles. The molecule has 0 aliphatic carbocycles. The van der Waals surface area contributed by atoms with Gasteiger partial charge in [0.15, 0.2) is 4.80 Å². The summed E-state index contributed by atoms with van der Waals surface area (Å²) in [7, 11) is 1.69. The van der Waals surface area contributed by atoms with Crippen molar-refractivity contribution >= 4 is 17.0 Å². The third-order valence-corrected chi connectivity index (χ3v) is 5.49. The minimum Gasteiger partial charge on any atom is -0.497 e. The Labute approximate surface area is 169 Å². The maximum Gasteiger partial charge on any atom is 0.190 e. The standard InChI is InChI=1S/C24H22N2OS/c1-18-8-10-19(11-9-18)16-26-23(20-12-14-22(27-2)15-13-20)17-28-24(26)25-21-6-4-3-5-7-21/h3-15,17H,16H2,1-2H3. The summed E-state index contributed by atoms with van der Waals surface area (Å²) in [6.45, 7) is 2.89. The van der Waals surface area contributed by atoms with Gasteiger partial charge in [0.2, 0.25) is 0 Å². The molecule has 0 fully saturated rings. The van der Waals surface area contributed by atoms with Gasteiger partial charge in [-0.05, 0) is 54.4 Å². The maximum atomic E-state index is 5.30. The number of ether oxygens (including phenoxy) is 1. The second kappa shape index (κ2) is 8.28. The van der Waals surface area contributed by atoms with E-state index in [0.717, 1.165) is 34.0 Å². The van der Waals surface area contributed by atoms with E-state index in [4.69, 9.17) is 9.73 Å². The van der Waals surface area contributed by atoms with Crippen LogP contribution in [0.1, 0.15) is 11.1 Å². The van der Waals surface area contributed by atoms with Crippen molar-refractivity contribution in [1.82, 2.24) is 4.57 Å². The average Bonchev–Trinajstić information content (AvgIpc) is 3.12. The lowest BCUT2D eigenvalue weighted by Gasteiger charge is -2.10. The minimum absolute atomic E-state index is 0.775. The molecule has 0 unspecified atom stereocenters. The summed E-state index contributed by atoms with van der Waals surface area (Å²) in [4.78, 5) is 5.88. The molecule has 140 valence electrons. The maximum absolute atomic E-state index is 5.30. The van der Waals surface area contributed by atoms with Gasteiger partial charge < -0.3 is 9.30 Å². The molecule has 28 heavy (non-hydrogen) atoms. The van der Waals surface area contributed by atoms with Crippen LogP contribution in [-0.4, -0.2) is 11.7 Å². The highest BCUT2D eigenvalue weighted by Crippen LogP contribution is 2.24. The van der Waals surface area contributed by atoms with Crippen LogP contribution < -0.4 is 9.54 Å². The SMILES string of the molecule is COc1ccc(-c2csc(=Nc3ccccc3)n2Cc2ccc(C)cc2)cc1. The van der Waals surface area contributed by atoms with Crippen molar-refractivity contribution in [2.24, 2.45) is 4.99 Å². The molecule has 4 aromatic rings. The Morgan fingerprint density at radius 3 is 2.29 bits per heavy atom. The topological polar surface area (TPSA) is 26.5 Å². The largest absolute Gasteiger partial charge is 0.497 e. The molecule has 0 N–H and O–H groups in total. The lowest BCUT2D eigenvalue weighted by atomic mass is 10.1. The molecular formula is C24H22N2OS. The lowest BCUT2D eigenvalue weighted by Crippen LogP contribution is -2.16. The molecule has 0 radical (unpaired) electrons. The van der Waals surface area contributed by atoms with Crippen LogP contribution in [0, 0.1) is 6.92 Å². The summed E-state index contributed by atoms with van der Waals surface area (Å²) in [5, 5.41) is 2.18. The fourth-order valence-corrected chi connectivity index (χ4v) is 3.98. The number of benzene rings is 3. The molecule has 1 aromatic heterocycles. The number of methoxy groups -OCH3 is 1. The van der Waals surface area contributed by atoms with Gasteiger partial charge in [-0.2, -0.15) is 0 Å². The van der Waals surface area contributed by atoms with Crippen molar-refractivity contribution in [3.05, 3.63) is 100 Å². The highest BCUT2D eigenvalue weighted by molar-refractivity contribution is 7.07. The molecule has 1 heterocycles. The number of thiazole rings is 1. The number of nitrogens with zero attached hydrogens (tertiary/aromatic N) is 2. The van der Waals surface area contributed by atoms with Crippen molar-refractivity contribution < 1.29 is 4.74 Å². The molecule has 0 spiro atoms. The lowest BCUT2D eigenvalue weighted by molar-refractivity contribution is 0.415. The first kappa shape index (κ1) is 18.3. The number of hydrogen-bond donors (Lipinski definition) is 0. The zero-order chi connectivity index (χ0) is 19.3. The first-order valence-electron chi connectivity index (χ1n) is 9.21. The minimum atomic E-state index is 0.775. The number of aromatic nitrogens is 1. The smallest absolute Gasteiger partial charge is 0.190 e. The van der Waals surface area contributed by atoms with Gasteiger partial charge >= 0.3 is 0 Å². The van der Waals surface area contributed by atoms with Gasteiger partial charge in [0.1, 0.15) is 5.75 Å². The molecule has 0 aliphatic rings. The van der Waals surface area contributed by atoms with Crippen LogP contribution in [-0.2, 0) is 6.54 Å². The summed E-state index contributed by atoms with van der Waals surface area (Å²) < 4.78 is 7.59. The number of hydrogen-bond acceptors (Lipinski definition) is 3. The monoisotopic (exact) mass is 386 g/mol. The van der Waals surface area contributed by atoms with Crippen LogP contribution in [0.3, 0.4) is 0 Å². The van der Waals surface area contributed by atoms with E-state index < -0.39 is 0 Å². The van der Waals surface area contributed by atoms with Gasteiger partial charge in [0.05, 0.1) is 25.0 Å². The van der Waals surface area contributed by atoms with Crippen LogP contribution >= 0.6 is 11.3 Å². The number of aryl methyl sites for hydroxylation is 1. The van der Waals surface area contributed by atoms with E-state index in [1.165, 1.54) is 11.1 Å². The summed E-state index contributed by atoms with van der Waals surface area (Å²) >= 11 is 1.66. The molecule has 0 amide bonds. The van der Waals surface area contributed by atoms with E-state index >= 15 is 0 Å². The molecule has 4 rings (SSSR count). The number of para-hydroxylation sites is 1. The second-order valence-corrected chi connectivity index (χ2v) is 7.49. The van der Waals surface area contributed by atoms with Gasteiger partial charge in [0, 0.05) is 5.38 Å². The van der Waals surface area contributed by atoms with Crippen molar-refractivity contribution in [2.75, 3.05) is 7.11 Å². The summed E-state index contributed by atoms with van der Waals surface area (Å²) in [6.07, 6.45) is 0. The molecular weight excluding hydrogens is 364 g/mol. The first-order chi connectivity index (χ1) is 13.7.